The topological polar surface area (TPSA) is 18.1 Å². The molecule has 0 bridgehead atoms. The zero-order valence-electron chi connectivity index (χ0n) is 22.3. The smallest absolute Gasteiger partial charge is 0.242 e. The average molecular weight is 521 g/mol. The van der Waals surface area contributed by atoms with Crippen molar-refractivity contribution in [1.82, 2.24) is 4.57 Å². The maximum atomic E-state index is 6.61. The first-order valence-corrected chi connectivity index (χ1v) is 14.2. The van der Waals surface area contributed by atoms with Gasteiger partial charge in [0.1, 0.15) is 11.3 Å². The minimum absolute atomic E-state index is 0.0620. The molecule has 0 unspecified atom stereocenters. The molecule has 2 aromatic heterocycles. The van der Waals surface area contributed by atoms with Crippen molar-refractivity contribution in [2.24, 2.45) is 0 Å². The van der Waals surface area contributed by atoms with Crippen molar-refractivity contribution in [2.45, 2.75) is 0 Å². The Morgan fingerprint density at radius 3 is 1.98 bits per heavy atom. The lowest BCUT2D eigenvalue weighted by Gasteiger charge is -2.18. The quantitative estimate of drug-likeness (QED) is 0.213. The third-order valence-corrected chi connectivity index (χ3v) is 8.70. The van der Waals surface area contributed by atoms with Crippen molar-refractivity contribution in [1.29, 1.82) is 0 Å². The number of nitrogens with zero attached hydrogens (tertiary/aromatic N) is 1. The molecule has 9 rings (SSSR count). The summed E-state index contributed by atoms with van der Waals surface area (Å²) in [5.74, 6) is 0.957. The number of furan rings is 1. The summed E-state index contributed by atoms with van der Waals surface area (Å²) in [6, 6.07) is 52.5. The highest BCUT2D eigenvalue weighted by atomic mass is 16.3. The third kappa shape index (κ3) is 3.20. The van der Waals surface area contributed by atoms with Gasteiger partial charge in [-0.25, -0.2) is 0 Å². The van der Waals surface area contributed by atoms with Gasteiger partial charge in [-0.2, -0.15) is 0 Å². The van der Waals surface area contributed by atoms with Gasteiger partial charge in [0.05, 0.1) is 11.0 Å². The van der Waals surface area contributed by atoms with E-state index in [9.17, 15) is 0 Å². The summed E-state index contributed by atoms with van der Waals surface area (Å²) in [6.45, 7) is 0.0620. The predicted molar refractivity (Wildman–Crippen MR) is 173 cm³/mol. The van der Waals surface area contributed by atoms with Crippen molar-refractivity contribution in [2.75, 3.05) is 0 Å². The first kappa shape index (κ1) is 22.5. The molecular weight excluding hydrogens is 497 g/mol. The van der Waals surface area contributed by atoms with E-state index in [4.69, 9.17) is 4.42 Å². The van der Waals surface area contributed by atoms with Crippen LogP contribution < -0.4 is 16.4 Å². The second kappa shape index (κ2) is 8.61. The molecule has 0 saturated carbocycles. The molecule has 2 nitrogen and oxygen atoms in total. The fraction of sp³-hybridized carbons (Fsp3) is 0. The third-order valence-electron chi connectivity index (χ3n) is 8.70. The number of hydrogen-bond acceptors (Lipinski definition) is 1. The molecular formula is C38H24BNO. The van der Waals surface area contributed by atoms with Crippen LogP contribution in [-0.4, -0.2) is 11.3 Å². The molecule has 0 amide bonds. The first-order chi connectivity index (χ1) is 20.4. The Morgan fingerprint density at radius 2 is 1.12 bits per heavy atom. The minimum Gasteiger partial charge on any atom is -0.455 e. The van der Waals surface area contributed by atoms with Crippen molar-refractivity contribution in [3.63, 3.8) is 0 Å². The molecule has 190 valence electrons. The Kier molecular flexibility index (Phi) is 4.73. The highest BCUT2D eigenvalue weighted by Gasteiger charge is 2.34. The van der Waals surface area contributed by atoms with Crippen molar-refractivity contribution >= 4 is 55.9 Å². The van der Waals surface area contributed by atoms with Gasteiger partial charge < -0.3 is 8.98 Å². The van der Waals surface area contributed by atoms with E-state index in [0.717, 1.165) is 22.3 Å². The Bertz CT molecular complexity index is 2270. The molecule has 3 heteroatoms. The summed E-state index contributed by atoms with van der Waals surface area (Å²) < 4.78 is 8.99. The summed E-state index contributed by atoms with van der Waals surface area (Å²) in [5, 5.41) is 3.69. The lowest BCUT2D eigenvalue weighted by atomic mass is 9.36. The normalized spacial score (nSPS) is 12.3. The second-order valence-corrected chi connectivity index (χ2v) is 10.9. The largest absolute Gasteiger partial charge is 0.455 e. The minimum atomic E-state index is 0.0620. The molecule has 0 saturated heterocycles. The number of benzene rings is 6. The first-order valence-electron chi connectivity index (χ1n) is 14.2. The van der Waals surface area contributed by atoms with E-state index in [1.165, 1.54) is 55.0 Å². The maximum Gasteiger partial charge on any atom is 0.242 e. The van der Waals surface area contributed by atoms with Gasteiger partial charge >= 0.3 is 0 Å². The zero-order valence-corrected chi connectivity index (χ0v) is 22.3. The number of hydrogen-bond donors (Lipinski definition) is 0. The van der Waals surface area contributed by atoms with Crippen molar-refractivity contribution in [3.8, 4) is 28.1 Å². The summed E-state index contributed by atoms with van der Waals surface area (Å²) in [6.07, 6.45) is 0. The van der Waals surface area contributed by atoms with Crippen LogP contribution in [0.15, 0.2) is 150 Å². The van der Waals surface area contributed by atoms with E-state index in [-0.39, 0.29) is 6.71 Å². The maximum absolute atomic E-state index is 6.61. The van der Waals surface area contributed by atoms with Gasteiger partial charge in [0, 0.05) is 33.0 Å². The molecule has 0 fully saturated rings. The highest BCUT2D eigenvalue weighted by molar-refractivity contribution is 6.97. The number of rotatable bonds is 2. The monoisotopic (exact) mass is 521 g/mol. The van der Waals surface area contributed by atoms with Gasteiger partial charge in [0.2, 0.25) is 6.71 Å². The molecule has 41 heavy (non-hydrogen) atoms. The van der Waals surface area contributed by atoms with Gasteiger partial charge in [-0.15, -0.1) is 0 Å². The Labute approximate surface area is 238 Å². The van der Waals surface area contributed by atoms with E-state index in [1.807, 2.05) is 6.07 Å². The van der Waals surface area contributed by atoms with Crippen LogP contribution in [0.4, 0.5) is 0 Å². The van der Waals surface area contributed by atoms with Crippen LogP contribution in [0.25, 0.3) is 60.9 Å². The summed E-state index contributed by atoms with van der Waals surface area (Å²) in [5.41, 5.74) is 12.0. The fourth-order valence-corrected chi connectivity index (χ4v) is 6.99. The Hall–Kier alpha value is -5.28. The van der Waals surface area contributed by atoms with Gasteiger partial charge in [-0.1, -0.05) is 132 Å². The molecule has 0 N–H and O–H groups in total. The van der Waals surface area contributed by atoms with Crippen LogP contribution in [0.1, 0.15) is 0 Å². The second-order valence-electron chi connectivity index (χ2n) is 10.9. The molecule has 3 heterocycles. The van der Waals surface area contributed by atoms with Crippen LogP contribution in [0.5, 0.6) is 0 Å². The van der Waals surface area contributed by atoms with E-state index >= 15 is 0 Å². The van der Waals surface area contributed by atoms with E-state index in [1.54, 1.807) is 0 Å². The molecule has 1 aliphatic rings. The highest BCUT2D eigenvalue weighted by Crippen LogP contribution is 2.41. The summed E-state index contributed by atoms with van der Waals surface area (Å²) in [7, 11) is 0. The lowest BCUT2D eigenvalue weighted by Crippen LogP contribution is -2.52. The Morgan fingerprint density at radius 1 is 0.488 bits per heavy atom. The van der Waals surface area contributed by atoms with Gasteiger partial charge in [0.15, 0.2) is 0 Å². The SMILES string of the molecule is c1ccc(-n2c3ccccc3c3cc(B4c5ccccc5-c5oc6ccccc6c5-c5ccccc54)ccc32)cc1. The molecule has 1 aliphatic heterocycles. The molecule has 6 aromatic carbocycles. The summed E-state index contributed by atoms with van der Waals surface area (Å²) in [4.78, 5) is 0. The molecule has 8 aromatic rings. The van der Waals surface area contributed by atoms with Gasteiger partial charge in [0.25, 0.3) is 0 Å². The van der Waals surface area contributed by atoms with Gasteiger partial charge in [-0.3, -0.25) is 0 Å². The Balaban J connectivity index is 1.35. The van der Waals surface area contributed by atoms with Crippen LogP contribution in [-0.2, 0) is 0 Å². The molecule has 0 atom stereocenters. The molecule has 0 aliphatic carbocycles. The number of aromatic nitrogens is 1. The van der Waals surface area contributed by atoms with Crippen LogP contribution in [0.2, 0.25) is 0 Å². The molecule has 0 radical (unpaired) electrons. The fourth-order valence-electron chi connectivity index (χ4n) is 6.99. The standard InChI is InChI=1S/C38H24BNO/c1-2-12-26(13-3-1)40-34-20-10-6-14-27(34)31-24-25(22-23-35(31)40)39-32-18-8-4-15-28(32)37-30-17-7-11-21-36(30)41-38(37)29-16-5-9-19-33(29)39/h1-24H. The van der Waals surface area contributed by atoms with E-state index in [0.29, 0.717) is 0 Å². The van der Waals surface area contributed by atoms with Crippen molar-refractivity contribution in [3.05, 3.63) is 146 Å². The summed E-state index contributed by atoms with van der Waals surface area (Å²) >= 11 is 0. The van der Waals surface area contributed by atoms with E-state index < -0.39 is 0 Å². The van der Waals surface area contributed by atoms with Crippen LogP contribution in [0.3, 0.4) is 0 Å². The average Bonchev–Trinajstić information content (AvgIpc) is 3.55. The molecule has 0 spiro atoms. The predicted octanol–water partition coefficient (Wildman–Crippen LogP) is 7.69. The van der Waals surface area contributed by atoms with Crippen LogP contribution >= 0.6 is 0 Å². The van der Waals surface area contributed by atoms with Crippen molar-refractivity contribution < 1.29 is 4.42 Å². The number of para-hydroxylation sites is 3. The zero-order chi connectivity index (χ0) is 26.9. The van der Waals surface area contributed by atoms with Crippen LogP contribution in [0, 0.1) is 0 Å². The van der Waals surface area contributed by atoms with E-state index in [2.05, 4.69) is 144 Å². The van der Waals surface area contributed by atoms with Gasteiger partial charge in [-0.05, 0) is 35.9 Å². The lowest BCUT2D eigenvalue weighted by molar-refractivity contribution is 0.633. The number of fused-ring (bicyclic) bond motifs is 10.